The first-order chi connectivity index (χ1) is 10.2. The van der Waals surface area contributed by atoms with Crippen molar-refractivity contribution in [2.75, 3.05) is 28.4 Å². The Kier molecular flexibility index (Phi) is 5.01. The van der Waals surface area contributed by atoms with Crippen LogP contribution in [-0.2, 0) is 8.85 Å². The van der Waals surface area contributed by atoms with Crippen LogP contribution in [0.15, 0.2) is 48.5 Å². The van der Waals surface area contributed by atoms with Gasteiger partial charge in [-0.15, -0.1) is 0 Å². The van der Waals surface area contributed by atoms with E-state index >= 15 is 0 Å². The molecule has 0 aliphatic heterocycles. The molecule has 2 rings (SSSR count). The van der Waals surface area contributed by atoms with Crippen molar-refractivity contribution in [3.8, 4) is 11.5 Å². The number of hydrogen-bond donors (Lipinski definition) is 0. The zero-order chi connectivity index (χ0) is 15.3. The summed E-state index contributed by atoms with van der Waals surface area (Å²) in [6.45, 7) is 0. The lowest BCUT2D eigenvalue weighted by molar-refractivity contribution is 0.272. The second-order valence-corrected chi connectivity index (χ2v) is 7.69. The van der Waals surface area contributed by atoms with Gasteiger partial charge in [0.15, 0.2) is 0 Å². The van der Waals surface area contributed by atoms with Gasteiger partial charge < -0.3 is 18.3 Å². The van der Waals surface area contributed by atoms with Gasteiger partial charge in [0.05, 0.1) is 14.2 Å². The molecule has 2 aromatic rings. The van der Waals surface area contributed by atoms with E-state index in [4.69, 9.17) is 18.3 Å². The van der Waals surface area contributed by atoms with Gasteiger partial charge in [-0.25, -0.2) is 0 Å². The van der Waals surface area contributed by atoms with Crippen molar-refractivity contribution in [1.82, 2.24) is 0 Å². The highest BCUT2D eigenvalue weighted by Gasteiger charge is 2.40. The van der Waals surface area contributed by atoms with E-state index in [1.54, 1.807) is 28.4 Å². The first-order valence-electron chi connectivity index (χ1n) is 6.59. The van der Waals surface area contributed by atoms with E-state index in [1.807, 2.05) is 48.5 Å². The van der Waals surface area contributed by atoms with Gasteiger partial charge >= 0.3 is 8.56 Å². The molecule has 0 radical (unpaired) electrons. The lowest BCUT2D eigenvalue weighted by Gasteiger charge is -2.28. The maximum atomic E-state index is 5.84. The van der Waals surface area contributed by atoms with Crippen LogP contribution in [-0.4, -0.2) is 37.0 Å². The minimum absolute atomic E-state index is 0.809. The molecule has 0 heterocycles. The summed E-state index contributed by atoms with van der Waals surface area (Å²) in [5, 5.41) is 2.05. The molecular weight excluding hydrogens is 284 g/mol. The van der Waals surface area contributed by atoms with Crippen LogP contribution in [0.25, 0.3) is 0 Å². The number of methoxy groups -OCH3 is 2. The number of hydrogen-bond acceptors (Lipinski definition) is 4. The van der Waals surface area contributed by atoms with Gasteiger partial charge in [0, 0.05) is 14.2 Å². The molecule has 0 saturated carbocycles. The zero-order valence-corrected chi connectivity index (χ0v) is 13.8. The average Bonchev–Trinajstić information content (AvgIpc) is 2.57. The van der Waals surface area contributed by atoms with Crippen LogP contribution in [0.4, 0.5) is 0 Å². The summed E-state index contributed by atoms with van der Waals surface area (Å²) < 4.78 is 22.1. The first kappa shape index (κ1) is 15.6. The molecule has 0 unspecified atom stereocenters. The molecule has 21 heavy (non-hydrogen) atoms. The molecule has 4 nitrogen and oxygen atoms in total. The van der Waals surface area contributed by atoms with Crippen molar-refractivity contribution >= 4 is 18.9 Å². The monoisotopic (exact) mass is 304 g/mol. The highest BCUT2D eigenvalue weighted by atomic mass is 28.4. The third-order valence-electron chi connectivity index (χ3n) is 3.52. The molecule has 5 heteroatoms. The standard InChI is InChI=1S/C16H20O4Si/c1-17-13-5-9-15(10-6-13)21(19-3,20-4)16-11-7-14(18-2)8-12-16/h5-12H,1-4H3. The molecule has 0 aromatic heterocycles. The summed E-state index contributed by atoms with van der Waals surface area (Å²) in [4.78, 5) is 0. The smallest absolute Gasteiger partial charge is 0.406 e. The lowest BCUT2D eigenvalue weighted by Crippen LogP contribution is -2.62. The summed E-state index contributed by atoms with van der Waals surface area (Å²) in [5.74, 6) is 1.62. The van der Waals surface area contributed by atoms with Crippen LogP contribution in [0.2, 0.25) is 0 Å². The Bertz CT molecular complexity index is 512. The molecule has 2 aromatic carbocycles. The lowest BCUT2D eigenvalue weighted by atomic mass is 10.3. The Morgan fingerprint density at radius 3 is 1.14 bits per heavy atom. The molecule has 0 aliphatic rings. The number of benzene rings is 2. The molecule has 0 fully saturated rings. The van der Waals surface area contributed by atoms with Gasteiger partial charge in [0.2, 0.25) is 0 Å². The van der Waals surface area contributed by atoms with Gasteiger partial charge in [0.25, 0.3) is 0 Å². The highest BCUT2D eigenvalue weighted by molar-refractivity contribution is 6.92. The highest BCUT2D eigenvalue weighted by Crippen LogP contribution is 2.14. The minimum Gasteiger partial charge on any atom is -0.497 e. The summed E-state index contributed by atoms with van der Waals surface area (Å²) in [5.41, 5.74) is 0. The average molecular weight is 304 g/mol. The second kappa shape index (κ2) is 6.75. The van der Waals surface area contributed by atoms with Gasteiger partial charge in [-0.1, -0.05) is 24.3 Å². The van der Waals surface area contributed by atoms with E-state index in [2.05, 4.69) is 0 Å². The molecule has 112 valence electrons. The van der Waals surface area contributed by atoms with Crippen molar-refractivity contribution in [2.45, 2.75) is 0 Å². The predicted octanol–water partition coefficient (Wildman–Crippen LogP) is 1.55. The second-order valence-electron chi connectivity index (χ2n) is 4.48. The van der Waals surface area contributed by atoms with Crippen LogP contribution in [0.5, 0.6) is 11.5 Å². The molecular formula is C16H20O4Si. The molecule has 0 spiro atoms. The normalized spacial score (nSPS) is 11.2. The molecule has 0 aliphatic carbocycles. The number of ether oxygens (including phenoxy) is 2. The fourth-order valence-corrected chi connectivity index (χ4v) is 5.00. The van der Waals surface area contributed by atoms with Crippen LogP contribution >= 0.6 is 0 Å². The van der Waals surface area contributed by atoms with Crippen LogP contribution in [0.3, 0.4) is 0 Å². The predicted molar refractivity (Wildman–Crippen MR) is 85.0 cm³/mol. The van der Waals surface area contributed by atoms with Crippen molar-refractivity contribution in [1.29, 1.82) is 0 Å². The SMILES string of the molecule is COc1ccc([Si](OC)(OC)c2ccc(OC)cc2)cc1. The van der Waals surface area contributed by atoms with Crippen LogP contribution < -0.4 is 19.8 Å². The molecule has 0 saturated heterocycles. The summed E-state index contributed by atoms with van der Waals surface area (Å²) in [6.07, 6.45) is 0. The van der Waals surface area contributed by atoms with Crippen molar-refractivity contribution in [3.63, 3.8) is 0 Å². The third kappa shape index (κ3) is 2.95. The maximum Gasteiger partial charge on any atom is 0.406 e. The van der Waals surface area contributed by atoms with Gasteiger partial charge in [0.1, 0.15) is 11.5 Å². The summed E-state index contributed by atoms with van der Waals surface area (Å²) >= 11 is 0. The Hall–Kier alpha value is -1.82. The van der Waals surface area contributed by atoms with E-state index in [0.29, 0.717) is 0 Å². The fraction of sp³-hybridized carbons (Fsp3) is 0.250. The molecule has 0 bridgehead atoms. The Labute approximate surface area is 126 Å². The van der Waals surface area contributed by atoms with E-state index < -0.39 is 8.56 Å². The Morgan fingerprint density at radius 2 is 0.905 bits per heavy atom. The van der Waals surface area contributed by atoms with Crippen molar-refractivity contribution in [2.24, 2.45) is 0 Å². The molecule has 0 N–H and O–H groups in total. The first-order valence-corrected chi connectivity index (χ1v) is 8.41. The zero-order valence-electron chi connectivity index (χ0n) is 12.8. The van der Waals surface area contributed by atoms with Gasteiger partial charge in [-0.3, -0.25) is 0 Å². The van der Waals surface area contributed by atoms with E-state index in [-0.39, 0.29) is 0 Å². The molecule has 0 amide bonds. The largest absolute Gasteiger partial charge is 0.497 e. The van der Waals surface area contributed by atoms with E-state index in [9.17, 15) is 0 Å². The van der Waals surface area contributed by atoms with E-state index in [0.717, 1.165) is 21.9 Å². The Balaban J connectivity index is 2.46. The summed E-state index contributed by atoms with van der Waals surface area (Å²) in [7, 11) is 3.99. The Morgan fingerprint density at radius 1 is 0.571 bits per heavy atom. The van der Waals surface area contributed by atoms with E-state index in [1.165, 1.54) is 0 Å². The molecule has 0 atom stereocenters. The summed E-state index contributed by atoms with van der Waals surface area (Å²) in [6, 6.07) is 15.6. The van der Waals surface area contributed by atoms with Crippen LogP contribution in [0, 0.1) is 0 Å². The quantitative estimate of drug-likeness (QED) is 0.759. The van der Waals surface area contributed by atoms with Crippen molar-refractivity contribution < 1.29 is 18.3 Å². The van der Waals surface area contributed by atoms with Gasteiger partial charge in [-0.2, -0.15) is 0 Å². The fourth-order valence-electron chi connectivity index (χ4n) is 2.34. The topological polar surface area (TPSA) is 36.9 Å². The van der Waals surface area contributed by atoms with Gasteiger partial charge in [-0.05, 0) is 34.6 Å². The van der Waals surface area contributed by atoms with Crippen molar-refractivity contribution in [3.05, 3.63) is 48.5 Å². The number of rotatable bonds is 6. The van der Waals surface area contributed by atoms with Crippen LogP contribution in [0.1, 0.15) is 0 Å². The minimum atomic E-state index is -2.68. The maximum absolute atomic E-state index is 5.84. The third-order valence-corrected chi connectivity index (χ3v) is 6.85.